The summed E-state index contributed by atoms with van der Waals surface area (Å²) in [6.07, 6.45) is 0. The van der Waals surface area contributed by atoms with E-state index in [4.69, 9.17) is 11.6 Å². The lowest BCUT2D eigenvalue weighted by Crippen LogP contribution is -2.14. The summed E-state index contributed by atoms with van der Waals surface area (Å²) in [5.41, 5.74) is 3.99. The highest BCUT2D eigenvalue weighted by Gasteiger charge is 2.17. The van der Waals surface area contributed by atoms with Crippen LogP contribution in [0.2, 0.25) is 0 Å². The Morgan fingerprint density at radius 2 is 1.95 bits per heavy atom. The normalized spacial score (nSPS) is 10.5. The third-order valence-corrected chi connectivity index (χ3v) is 3.41. The van der Waals surface area contributed by atoms with Gasteiger partial charge in [0.15, 0.2) is 0 Å². The lowest BCUT2D eigenvalue weighted by Gasteiger charge is -2.06. The van der Waals surface area contributed by atoms with Crippen molar-refractivity contribution in [3.63, 3.8) is 0 Å². The predicted octanol–water partition coefficient (Wildman–Crippen LogP) is 3.03. The summed E-state index contributed by atoms with van der Waals surface area (Å²) in [4.78, 5) is 12.2. The van der Waals surface area contributed by atoms with E-state index in [1.54, 1.807) is 4.68 Å². The van der Waals surface area contributed by atoms with Gasteiger partial charge in [-0.05, 0) is 31.5 Å². The number of hydrogen-bond acceptors (Lipinski definition) is 2. The molecule has 100 valence electrons. The molecule has 5 heteroatoms. The van der Waals surface area contributed by atoms with E-state index in [1.165, 1.54) is 0 Å². The van der Waals surface area contributed by atoms with Gasteiger partial charge >= 0.3 is 0 Å². The lowest BCUT2D eigenvalue weighted by atomic mass is 10.1. The number of rotatable bonds is 3. The Hall–Kier alpha value is -1.81. The fourth-order valence-electron chi connectivity index (χ4n) is 1.97. The number of aryl methyl sites for hydroxylation is 2. The first-order valence-electron chi connectivity index (χ1n) is 5.99. The molecule has 1 heterocycles. The molecule has 1 N–H and O–H groups in total. The van der Waals surface area contributed by atoms with Gasteiger partial charge in [-0.25, -0.2) is 0 Å². The molecule has 0 saturated carbocycles. The summed E-state index contributed by atoms with van der Waals surface area (Å²) in [5, 5.41) is 7.11. The van der Waals surface area contributed by atoms with Crippen LogP contribution >= 0.6 is 11.6 Å². The van der Waals surface area contributed by atoms with Crippen LogP contribution in [0, 0.1) is 13.8 Å². The minimum Gasteiger partial charge on any atom is -0.322 e. The second kappa shape index (κ2) is 5.45. The number of nitrogens with one attached hydrogen (secondary N) is 1. The van der Waals surface area contributed by atoms with Gasteiger partial charge in [-0.1, -0.05) is 12.1 Å². The number of amides is 1. The number of anilines is 1. The van der Waals surface area contributed by atoms with E-state index in [-0.39, 0.29) is 5.91 Å². The van der Waals surface area contributed by atoms with Crippen LogP contribution in [0.15, 0.2) is 24.3 Å². The Balaban J connectivity index is 2.20. The maximum Gasteiger partial charge on any atom is 0.259 e. The third-order valence-electron chi connectivity index (χ3n) is 3.10. The zero-order valence-electron chi connectivity index (χ0n) is 11.2. The minimum atomic E-state index is -0.137. The van der Waals surface area contributed by atoms with Crippen LogP contribution in [0.3, 0.4) is 0 Å². The van der Waals surface area contributed by atoms with Gasteiger partial charge in [0.1, 0.15) is 0 Å². The minimum absolute atomic E-state index is 0.137. The largest absolute Gasteiger partial charge is 0.322 e. The molecule has 0 aliphatic carbocycles. The van der Waals surface area contributed by atoms with Crippen molar-refractivity contribution in [1.29, 1.82) is 0 Å². The summed E-state index contributed by atoms with van der Waals surface area (Å²) in [6.45, 7) is 3.71. The summed E-state index contributed by atoms with van der Waals surface area (Å²) in [6, 6.07) is 7.48. The molecule has 2 rings (SSSR count). The molecule has 0 aliphatic heterocycles. The molecule has 2 aromatic rings. The molecule has 1 aromatic carbocycles. The van der Waals surface area contributed by atoms with E-state index in [2.05, 4.69) is 10.4 Å². The standard InChI is InChI=1S/C14H16ClN3O/c1-9-13(10(2)18(3)17-9)14(19)16-12-6-4-11(8-15)5-7-12/h4-7H,8H2,1-3H3,(H,16,19). The number of halogens is 1. The highest BCUT2D eigenvalue weighted by atomic mass is 35.5. The van der Waals surface area contributed by atoms with Crippen molar-refractivity contribution in [1.82, 2.24) is 9.78 Å². The predicted molar refractivity (Wildman–Crippen MR) is 76.6 cm³/mol. The van der Waals surface area contributed by atoms with Gasteiger partial charge in [0.2, 0.25) is 0 Å². The first-order chi connectivity index (χ1) is 9.02. The Morgan fingerprint density at radius 1 is 1.32 bits per heavy atom. The SMILES string of the molecule is Cc1nn(C)c(C)c1C(=O)Nc1ccc(CCl)cc1. The summed E-state index contributed by atoms with van der Waals surface area (Å²) in [7, 11) is 1.83. The van der Waals surface area contributed by atoms with E-state index in [0.29, 0.717) is 11.4 Å². The molecule has 19 heavy (non-hydrogen) atoms. The van der Waals surface area contributed by atoms with E-state index in [1.807, 2.05) is 45.2 Å². The van der Waals surface area contributed by atoms with Crippen molar-refractivity contribution in [3.8, 4) is 0 Å². The second-order valence-corrected chi connectivity index (χ2v) is 4.72. The topological polar surface area (TPSA) is 46.9 Å². The fraction of sp³-hybridized carbons (Fsp3) is 0.286. The van der Waals surface area contributed by atoms with Gasteiger partial charge in [-0.3, -0.25) is 9.48 Å². The van der Waals surface area contributed by atoms with Crippen LogP contribution in [-0.2, 0) is 12.9 Å². The van der Waals surface area contributed by atoms with Crippen LogP contribution in [0.1, 0.15) is 27.3 Å². The molecule has 0 aliphatic rings. The van der Waals surface area contributed by atoms with Crippen molar-refractivity contribution in [2.45, 2.75) is 19.7 Å². The molecule has 0 unspecified atom stereocenters. The number of nitrogens with zero attached hydrogens (tertiary/aromatic N) is 2. The monoisotopic (exact) mass is 277 g/mol. The van der Waals surface area contributed by atoms with Gasteiger partial charge in [0.25, 0.3) is 5.91 Å². The number of aromatic nitrogens is 2. The first kappa shape index (κ1) is 13.6. The van der Waals surface area contributed by atoms with Gasteiger partial charge in [-0.2, -0.15) is 5.10 Å². The van der Waals surface area contributed by atoms with E-state index < -0.39 is 0 Å². The van der Waals surface area contributed by atoms with Gasteiger partial charge < -0.3 is 5.32 Å². The van der Waals surface area contributed by atoms with Crippen molar-refractivity contribution in [3.05, 3.63) is 46.8 Å². The van der Waals surface area contributed by atoms with Crippen molar-refractivity contribution in [2.24, 2.45) is 7.05 Å². The van der Waals surface area contributed by atoms with Crippen LogP contribution < -0.4 is 5.32 Å². The molecule has 0 spiro atoms. The van der Waals surface area contributed by atoms with Gasteiger partial charge in [0.05, 0.1) is 11.3 Å². The average Bonchev–Trinajstić information content (AvgIpc) is 2.64. The molecule has 0 fully saturated rings. The van der Waals surface area contributed by atoms with E-state index in [0.717, 1.165) is 22.6 Å². The lowest BCUT2D eigenvalue weighted by molar-refractivity contribution is 0.102. The summed E-state index contributed by atoms with van der Waals surface area (Å²) >= 11 is 5.73. The molecular formula is C14H16ClN3O. The Morgan fingerprint density at radius 3 is 2.42 bits per heavy atom. The van der Waals surface area contributed by atoms with Crippen LogP contribution in [-0.4, -0.2) is 15.7 Å². The van der Waals surface area contributed by atoms with Crippen LogP contribution in [0.4, 0.5) is 5.69 Å². The quantitative estimate of drug-likeness (QED) is 0.877. The van der Waals surface area contributed by atoms with Crippen LogP contribution in [0.25, 0.3) is 0 Å². The van der Waals surface area contributed by atoms with Crippen molar-refractivity contribution >= 4 is 23.2 Å². The molecule has 0 atom stereocenters. The van der Waals surface area contributed by atoms with Gasteiger partial charge in [-0.15, -0.1) is 11.6 Å². The third kappa shape index (κ3) is 2.79. The number of alkyl halides is 1. The first-order valence-corrected chi connectivity index (χ1v) is 6.53. The smallest absolute Gasteiger partial charge is 0.259 e. The van der Waals surface area contributed by atoms with Crippen molar-refractivity contribution in [2.75, 3.05) is 5.32 Å². The highest BCUT2D eigenvalue weighted by molar-refractivity contribution is 6.17. The number of carbonyl (C=O) groups excluding carboxylic acids is 1. The van der Waals surface area contributed by atoms with Crippen molar-refractivity contribution < 1.29 is 4.79 Å². The average molecular weight is 278 g/mol. The maximum atomic E-state index is 12.2. The van der Waals surface area contributed by atoms with E-state index >= 15 is 0 Å². The fourth-order valence-corrected chi connectivity index (χ4v) is 2.15. The summed E-state index contributed by atoms with van der Waals surface area (Å²) in [5.74, 6) is 0.330. The Bertz CT molecular complexity index is 602. The zero-order valence-corrected chi connectivity index (χ0v) is 12.0. The highest BCUT2D eigenvalue weighted by Crippen LogP contribution is 2.16. The van der Waals surface area contributed by atoms with Gasteiger partial charge in [0, 0.05) is 24.3 Å². The number of hydrogen-bond donors (Lipinski definition) is 1. The molecule has 1 aromatic heterocycles. The molecule has 0 radical (unpaired) electrons. The Kier molecular flexibility index (Phi) is 3.90. The molecular weight excluding hydrogens is 262 g/mol. The number of benzene rings is 1. The van der Waals surface area contributed by atoms with Crippen LogP contribution in [0.5, 0.6) is 0 Å². The molecule has 1 amide bonds. The zero-order chi connectivity index (χ0) is 14.0. The molecule has 0 saturated heterocycles. The molecule has 4 nitrogen and oxygen atoms in total. The second-order valence-electron chi connectivity index (χ2n) is 4.45. The Labute approximate surface area is 117 Å². The molecule has 0 bridgehead atoms. The maximum absolute atomic E-state index is 12.2. The number of carbonyl (C=O) groups is 1. The van der Waals surface area contributed by atoms with E-state index in [9.17, 15) is 4.79 Å². The summed E-state index contributed by atoms with van der Waals surface area (Å²) < 4.78 is 1.71.